The van der Waals surface area contributed by atoms with Crippen molar-refractivity contribution in [1.29, 1.82) is 0 Å². The smallest absolute Gasteiger partial charge is 0.251 e. The van der Waals surface area contributed by atoms with E-state index in [1.165, 1.54) is 0 Å². The highest BCUT2D eigenvalue weighted by molar-refractivity contribution is 5.94. The second-order valence-electron chi connectivity index (χ2n) is 4.54. The van der Waals surface area contributed by atoms with E-state index in [0.29, 0.717) is 18.7 Å². The predicted molar refractivity (Wildman–Crippen MR) is 67.7 cm³/mol. The molecule has 0 aromatic heterocycles. The molecule has 0 saturated heterocycles. The lowest BCUT2D eigenvalue weighted by Gasteiger charge is -2.18. The molecular formula is C13H20N2O2. The van der Waals surface area contributed by atoms with Crippen LogP contribution < -0.4 is 11.1 Å². The highest BCUT2D eigenvalue weighted by Gasteiger charge is 2.17. The Hall–Kier alpha value is -1.39. The maximum atomic E-state index is 11.8. The van der Waals surface area contributed by atoms with Crippen LogP contribution in [0.5, 0.6) is 0 Å². The molecule has 1 aromatic carbocycles. The molecule has 0 radical (unpaired) electrons. The molecule has 1 amide bonds. The van der Waals surface area contributed by atoms with E-state index in [-0.39, 0.29) is 5.91 Å². The van der Waals surface area contributed by atoms with Crippen LogP contribution in [-0.2, 0) is 5.60 Å². The van der Waals surface area contributed by atoms with Gasteiger partial charge in [-0.25, -0.2) is 0 Å². The Kier molecular flexibility index (Phi) is 4.66. The Morgan fingerprint density at radius 3 is 2.76 bits per heavy atom. The topological polar surface area (TPSA) is 75.3 Å². The van der Waals surface area contributed by atoms with E-state index in [1.807, 2.05) is 0 Å². The first-order valence-corrected chi connectivity index (χ1v) is 5.76. The lowest BCUT2D eigenvalue weighted by atomic mass is 9.96. The molecule has 17 heavy (non-hydrogen) atoms. The van der Waals surface area contributed by atoms with Gasteiger partial charge in [-0.15, -0.1) is 0 Å². The number of nitrogens with two attached hydrogens (primary N) is 1. The van der Waals surface area contributed by atoms with Crippen LogP contribution in [0.3, 0.4) is 0 Å². The Balaban J connectivity index is 2.74. The molecule has 0 aliphatic heterocycles. The van der Waals surface area contributed by atoms with Gasteiger partial charge in [-0.05, 0) is 44.5 Å². The minimum atomic E-state index is -0.937. The largest absolute Gasteiger partial charge is 0.386 e. The molecule has 4 heteroatoms. The van der Waals surface area contributed by atoms with Gasteiger partial charge in [-0.3, -0.25) is 4.79 Å². The Morgan fingerprint density at radius 2 is 2.18 bits per heavy atom. The van der Waals surface area contributed by atoms with Gasteiger partial charge < -0.3 is 16.2 Å². The molecule has 0 saturated carbocycles. The number of carbonyl (C=O) groups excluding carboxylic acids is 1. The first-order chi connectivity index (χ1) is 7.95. The summed E-state index contributed by atoms with van der Waals surface area (Å²) in [7, 11) is 0. The molecule has 0 bridgehead atoms. The highest BCUT2D eigenvalue weighted by atomic mass is 16.3. The molecule has 0 aliphatic rings. The molecule has 0 aliphatic carbocycles. The van der Waals surface area contributed by atoms with Crippen molar-refractivity contribution in [3.05, 3.63) is 35.4 Å². The van der Waals surface area contributed by atoms with Gasteiger partial charge in [-0.1, -0.05) is 12.1 Å². The summed E-state index contributed by atoms with van der Waals surface area (Å²) in [6.45, 7) is 4.52. The third-order valence-electron chi connectivity index (χ3n) is 2.50. The minimum Gasteiger partial charge on any atom is -0.386 e. The summed E-state index contributed by atoms with van der Waals surface area (Å²) in [6, 6.07) is 7.01. The van der Waals surface area contributed by atoms with Crippen LogP contribution >= 0.6 is 0 Å². The van der Waals surface area contributed by atoms with Crippen molar-refractivity contribution < 1.29 is 9.90 Å². The molecule has 0 heterocycles. The summed E-state index contributed by atoms with van der Waals surface area (Å²) in [4.78, 5) is 11.8. The number of benzene rings is 1. The number of rotatable bonds is 5. The fourth-order valence-electron chi connectivity index (χ4n) is 1.45. The van der Waals surface area contributed by atoms with Gasteiger partial charge in [0.1, 0.15) is 0 Å². The third-order valence-corrected chi connectivity index (χ3v) is 2.50. The maximum absolute atomic E-state index is 11.8. The Morgan fingerprint density at radius 1 is 1.47 bits per heavy atom. The minimum absolute atomic E-state index is 0.135. The molecular weight excluding hydrogens is 216 g/mol. The molecule has 4 N–H and O–H groups in total. The third kappa shape index (κ3) is 4.17. The number of hydrogen-bond donors (Lipinski definition) is 3. The molecule has 94 valence electrons. The van der Waals surface area contributed by atoms with Crippen LogP contribution in [-0.4, -0.2) is 24.1 Å². The number of amides is 1. The summed E-state index contributed by atoms with van der Waals surface area (Å²) >= 11 is 0. The molecule has 0 spiro atoms. The standard InChI is InChI=1S/C13H20N2O2/c1-13(2,17)11-6-3-5-10(9-11)12(16)15-8-4-7-14/h3,5-6,9,17H,4,7-8,14H2,1-2H3,(H,15,16). The summed E-state index contributed by atoms with van der Waals surface area (Å²) in [6.07, 6.45) is 0.761. The normalized spacial score (nSPS) is 11.3. The lowest BCUT2D eigenvalue weighted by Crippen LogP contribution is -2.26. The molecule has 0 atom stereocenters. The van der Waals surface area contributed by atoms with Gasteiger partial charge in [0.15, 0.2) is 0 Å². The van der Waals surface area contributed by atoms with Gasteiger partial charge in [0, 0.05) is 12.1 Å². The van der Waals surface area contributed by atoms with Crippen LogP contribution in [0.15, 0.2) is 24.3 Å². The lowest BCUT2D eigenvalue weighted by molar-refractivity contribution is 0.0784. The first kappa shape index (κ1) is 13.7. The van der Waals surface area contributed by atoms with Crippen molar-refractivity contribution in [1.82, 2.24) is 5.32 Å². The van der Waals surface area contributed by atoms with E-state index < -0.39 is 5.60 Å². The molecule has 1 rings (SSSR count). The number of aliphatic hydroxyl groups is 1. The summed E-state index contributed by atoms with van der Waals surface area (Å²) < 4.78 is 0. The first-order valence-electron chi connectivity index (χ1n) is 5.76. The fraction of sp³-hybridized carbons (Fsp3) is 0.462. The zero-order chi connectivity index (χ0) is 12.9. The zero-order valence-electron chi connectivity index (χ0n) is 10.4. The predicted octanol–water partition coefficient (Wildman–Crippen LogP) is 0.993. The van der Waals surface area contributed by atoms with Crippen molar-refractivity contribution in [2.45, 2.75) is 25.9 Å². The molecule has 0 unspecified atom stereocenters. The van der Waals surface area contributed by atoms with Crippen LogP contribution in [0.25, 0.3) is 0 Å². The number of nitrogens with one attached hydrogen (secondary N) is 1. The van der Waals surface area contributed by atoms with Crippen molar-refractivity contribution in [2.75, 3.05) is 13.1 Å². The zero-order valence-corrected chi connectivity index (χ0v) is 10.4. The SMILES string of the molecule is CC(C)(O)c1cccc(C(=O)NCCCN)c1. The number of carbonyl (C=O) groups is 1. The molecule has 1 aromatic rings. The van der Waals surface area contributed by atoms with Gasteiger partial charge >= 0.3 is 0 Å². The van der Waals surface area contributed by atoms with Crippen LogP contribution in [0, 0.1) is 0 Å². The van der Waals surface area contributed by atoms with Crippen LogP contribution in [0.1, 0.15) is 36.2 Å². The number of hydrogen-bond acceptors (Lipinski definition) is 3. The van der Waals surface area contributed by atoms with E-state index in [9.17, 15) is 9.90 Å². The average Bonchev–Trinajstić information content (AvgIpc) is 2.28. The molecule has 0 fully saturated rings. The Bertz CT molecular complexity index is 383. The van der Waals surface area contributed by atoms with Gasteiger partial charge in [0.25, 0.3) is 5.91 Å². The monoisotopic (exact) mass is 236 g/mol. The van der Waals surface area contributed by atoms with Crippen LogP contribution in [0.4, 0.5) is 0 Å². The fourth-order valence-corrected chi connectivity index (χ4v) is 1.45. The second kappa shape index (κ2) is 5.80. The van der Waals surface area contributed by atoms with Crippen LogP contribution in [0.2, 0.25) is 0 Å². The van der Waals surface area contributed by atoms with Gasteiger partial charge in [0.2, 0.25) is 0 Å². The maximum Gasteiger partial charge on any atom is 0.251 e. The highest BCUT2D eigenvalue weighted by Crippen LogP contribution is 2.20. The van der Waals surface area contributed by atoms with Gasteiger partial charge in [0.05, 0.1) is 5.60 Å². The Labute approximate surface area is 102 Å². The summed E-state index contributed by atoms with van der Waals surface area (Å²) in [5.74, 6) is -0.135. The quantitative estimate of drug-likeness (QED) is 0.667. The molecule has 4 nitrogen and oxygen atoms in total. The summed E-state index contributed by atoms with van der Waals surface area (Å²) in [5, 5.41) is 12.6. The van der Waals surface area contributed by atoms with Crippen molar-refractivity contribution in [3.63, 3.8) is 0 Å². The van der Waals surface area contributed by atoms with Crippen molar-refractivity contribution in [3.8, 4) is 0 Å². The van der Waals surface area contributed by atoms with Crippen molar-refractivity contribution >= 4 is 5.91 Å². The van der Waals surface area contributed by atoms with E-state index in [2.05, 4.69) is 5.32 Å². The van der Waals surface area contributed by atoms with Gasteiger partial charge in [-0.2, -0.15) is 0 Å². The van der Waals surface area contributed by atoms with Crippen molar-refractivity contribution in [2.24, 2.45) is 5.73 Å². The van der Waals surface area contributed by atoms with E-state index in [4.69, 9.17) is 5.73 Å². The summed E-state index contributed by atoms with van der Waals surface area (Å²) in [5.41, 5.74) is 5.70. The average molecular weight is 236 g/mol. The van der Waals surface area contributed by atoms with E-state index in [1.54, 1.807) is 38.1 Å². The second-order valence-corrected chi connectivity index (χ2v) is 4.54. The van der Waals surface area contributed by atoms with E-state index in [0.717, 1.165) is 12.0 Å². The van der Waals surface area contributed by atoms with E-state index >= 15 is 0 Å².